The topological polar surface area (TPSA) is 38.1 Å². The van der Waals surface area contributed by atoms with Gasteiger partial charge < -0.3 is 9.67 Å². The number of fused-ring (bicyclic) bond motifs is 1. The molecule has 1 saturated carbocycles. The molecule has 1 fully saturated rings. The zero-order valence-electron chi connectivity index (χ0n) is 10.4. The van der Waals surface area contributed by atoms with Crippen LogP contribution in [-0.4, -0.2) is 26.9 Å². The molecule has 0 spiro atoms. The average Bonchev–Trinajstić information content (AvgIpc) is 3.10. The van der Waals surface area contributed by atoms with Gasteiger partial charge in [0.15, 0.2) is 6.10 Å². The minimum Gasteiger partial charge on any atom is -0.383 e. The molecule has 1 heterocycles. The van der Waals surface area contributed by atoms with E-state index in [2.05, 4.69) is 4.98 Å². The lowest BCUT2D eigenvalue weighted by atomic mass is 10.2. The first-order chi connectivity index (χ1) is 9.36. The van der Waals surface area contributed by atoms with Crippen molar-refractivity contribution < 1.29 is 22.7 Å². The predicted octanol–water partition coefficient (Wildman–Crippen LogP) is 2.98. The monoisotopic (exact) mass is 288 g/mol. The van der Waals surface area contributed by atoms with Gasteiger partial charge in [-0.15, -0.1) is 0 Å². The van der Waals surface area contributed by atoms with E-state index in [0.717, 1.165) is 12.8 Å². The number of nitrogens with zero attached hydrogens (tertiary/aromatic N) is 2. The molecule has 0 radical (unpaired) electrons. The summed E-state index contributed by atoms with van der Waals surface area (Å²) in [5.41, 5.74) is 0.930. The molecular weight excluding hydrogens is 276 g/mol. The van der Waals surface area contributed by atoms with Crippen LogP contribution in [0.25, 0.3) is 11.0 Å². The Balaban J connectivity index is 2.03. The number of aromatic nitrogens is 2. The maximum absolute atomic E-state index is 13.2. The van der Waals surface area contributed by atoms with Crippen molar-refractivity contribution in [2.45, 2.75) is 37.6 Å². The van der Waals surface area contributed by atoms with Gasteiger partial charge in [0.1, 0.15) is 11.6 Å². The van der Waals surface area contributed by atoms with Gasteiger partial charge in [-0.05, 0) is 25.0 Å². The number of hydrogen-bond donors (Lipinski definition) is 1. The third-order valence-corrected chi connectivity index (χ3v) is 3.39. The molecule has 1 unspecified atom stereocenters. The van der Waals surface area contributed by atoms with Crippen molar-refractivity contribution in [1.82, 2.24) is 9.55 Å². The fourth-order valence-electron chi connectivity index (χ4n) is 2.29. The Morgan fingerprint density at radius 1 is 1.35 bits per heavy atom. The highest BCUT2D eigenvalue weighted by molar-refractivity contribution is 5.76. The van der Waals surface area contributed by atoms with Crippen LogP contribution in [0.5, 0.6) is 0 Å². The highest BCUT2D eigenvalue weighted by Crippen LogP contribution is 2.39. The molecule has 1 atom stereocenters. The molecule has 1 aromatic heterocycles. The number of aliphatic hydroxyl groups excluding tert-OH is 1. The fraction of sp³-hybridized carbons (Fsp3) is 0.462. The summed E-state index contributed by atoms with van der Waals surface area (Å²) >= 11 is 0. The van der Waals surface area contributed by atoms with Gasteiger partial charge in [0.25, 0.3) is 0 Å². The molecule has 3 nitrogen and oxygen atoms in total. The smallest absolute Gasteiger partial charge is 0.383 e. The second kappa shape index (κ2) is 4.44. The molecule has 1 N–H and O–H groups in total. The Labute approximate surface area is 111 Å². The predicted molar refractivity (Wildman–Crippen MR) is 63.7 cm³/mol. The molecule has 2 aromatic rings. The summed E-state index contributed by atoms with van der Waals surface area (Å²) in [7, 11) is 0. The Hall–Kier alpha value is -1.63. The van der Waals surface area contributed by atoms with Gasteiger partial charge in [-0.1, -0.05) is 0 Å². The molecule has 0 aliphatic heterocycles. The molecule has 0 bridgehead atoms. The summed E-state index contributed by atoms with van der Waals surface area (Å²) in [6.45, 7) is 0. The second-order valence-electron chi connectivity index (χ2n) is 5.02. The summed E-state index contributed by atoms with van der Waals surface area (Å²) in [4.78, 5) is 4.05. The van der Waals surface area contributed by atoms with Crippen molar-refractivity contribution in [3.63, 3.8) is 0 Å². The summed E-state index contributed by atoms with van der Waals surface area (Å²) in [6.07, 6.45) is -6.04. The van der Waals surface area contributed by atoms with E-state index in [1.807, 2.05) is 0 Å². The van der Waals surface area contributed by atoms with Crippen LogP contribution in [0.1, 0.15) is 24.7 Å². The summed E-state index contributed by atoms with van der Waals surface area (Å²) in [5, 5.41) is 9.19. The van der Waals surface area contributed by atoms with Crippen molar-refractivity contribution in [1.29, 1.82) is 0 Å². The van der Waals surface area contributed by atoms with Gasteiger partial charge in [-0.3, -0.25) is 0 Å². The second-order valence-corrected chi connectivity index (χ2v) is 5.02. The first-order valence-corrected chi connectivity index (χ1v) is 6.27. The van der Waals surface area contributed by atoms with Gasteiger partial charge >= 0.3 is 6.18 Å². The lowest BCUT2D eigenvalue weighted by molar-refractivity contribution is -0.203. The number of benzene rings is 1. The average molecular weight is 288 g/mol. The number of alkyl halides is 3. The van der Waals surface area contributed by atoms with Crippen LogP contribution in [0.3, 0.4) is 0 Å². The van der Waals surface area contributed by atoms with Crippen LogP contribution in [0.4, 0.5) is 17.6 Å². The van der Waals surface area contributed by atoms with Gasteiger partial charge in [0.2, 0.25) is 0 Å². The first kappa shape index (κ1) is 13.4. The molecule has 0 saturated heterocycles. The Bertz CT molecular complexity index is 646. The van der Waals surface area contributed by atoms with E-state index in [-0.39, 0.29) is 11.9 Å². The lowest BCUT2D eigenvalue weighted by Gasteiger charge is -2.15. The Morgan fingerprint density at radius 3 is 2.65 bits per heavy atom. The zero-order chi connectivity index (χ0) is 14.5. The van der Waals surface area contributed by atoms with Crippen molar-refractivity contribution in [3.05, 3.63) is 29.8 Å². The number of hydrogen-bond acceptors (Lipinski definition) is 2. The van der Waals surface area contributed by atoms with Crippen molar-refractivity contribution in [2.75, 3.05) is 0 Å². The maximum atomic E-state index is 13.2. The van der Waals surface area contributed by atoms with E-state index >= 15 is 0 Å². The molecule has 108 valence electrons. The number of rotatable bonds is 3. The number of imidazole rings is 1. The molecule has 1 aromatic carbocycles. The van der Waals surface area contributed by atoms with Crippen LogP contribution in [0.2, 0.25) is 0 Å². The van der Waals surface area contributed by atoms with Crippen molar-refractivity contribution >= 4 is 11.0 Å². The molecule has 20 heavy (non-hydrogen) atoms. The van der Waals surface area contributed by atoms with Crippen LogP contribution in [0.15, 0.2) is 18.2 Å². The van der Waals surface area contributed by atoms with E-state index in [0.29, 0.717) is 11.0 Å². The third kappa shape index (κ3) is 2.37. The van der Waals surface area contributed by atoms with E-state index in [4.69, 9.17) is 0 Å². The summed E-state index contributed by atoms with van der Waals surface area (Å²) < 4.78 is 52.2. The van der Waals surface area contributed by atoms with E-state index in [1.54, 1.807) is 4.57 Å². The fourth-order valence-corrected chi connectivity index (χ4v) is 2.29. The maximum Gasteiger partial charge on any atom is 0.414 e. The lowest BCUT2D eigenvalue weighted by Crippen LogP contribution is -2.31. The van der Waals surface area contributed by atoms with Gasteiger partial charge in [-0.25, -0.2) is 9.37 Å². The zero-order valence-corrected chi connectivity index (χ0v) is 10.4. The highest BCUT2D eigenvalue weighted by atomic mass is 19.4. The minimum atomic E-state index is -4.68. The van der Waals surface area contributed by atoms with Crippen LogP contribution in [0, 0.1) is 5.82 Å². The highest BCUT2D eigenvalue weighted by Gasteiger charge is 2.40. The largest absolute Gasteiger partial charge is 0.414 e. The summed E-state index contributed by atoms with van der Waals surface area (Å²) in [6, 6.07) is 4.06. The minimum absolute atomic E-state index is 0.0981. The molecular formula is C13H12F4N2O. The van der Waals surface area contributed by atoms with Crippen LogP contribution in [-0.2, 0) is 6.42 Å². The van der Waals surface area contributed by atoms with E-state index in [1.165, 1.54) is 18.2 Å². The quantitative estimate of drug-likeness (QED) is 0.882. The van der Waals surface area contributed by atoms with Gasteiger partial charge in [-0.2, -0.15) is 13.2 Å². The molecule has 3 rings (SSSR count). The SMILES string of the molecule is OC(Cc1nc2cc(F)ccc2n1C1CC1)C(F)(F)F. The van der Waals surface area contributed by atoms with Gasteiger partial charge in [0.05, 0.1) is 11.0 Å². The molecule has 7 heteroatoms. The molecule has 0 amide bonds. The van der Waals surface area contributed by atoms with Crippen molar-refractivity contribution in [2.24, 2.45) is 0 Å². The third-order valence-electron chi connectivity index (χ3n) is 3.39. The number of halogens is 4. The van der Waals surface area contributed by atoms with Gasteiger partial charge in [0, 0.05) is 18.5 Å². The molecule has 1 aliphatic rings. The van der Waals surface area contributed by atoms with Crippen LogP contribution < -0.4 is 0 Å². The van der Waals surface area contributed by atoms with Crippen molar-refractivity contribution in [3.8, 4) is 0 Å². The molecule has 1 aliphatic carbocycles. The Morgan fingerprint density at radius 2 is 2.05 bits per heavy atom. The Kier molecular flexibility index (Phi) is 2.97. The summed E-state index contributed by atoms with van der Waals surface area (Å²) in [5.74, 6) is -0.334. The van der Waals surface area contributed by atoms with E-state index < -0.39 is 24.5 Å². The van der Waals surface area contributed by atoms with Crippen LogP contribution >= 0.6 is 0 Å². The normalized spacial score (nSPS) is 17.6. The van der Waals surface area contributed by atoms with E-state index in [9.17, 15) is 22.7 Å². The first-order valence-electron chi connectivity index (χ1n) is 6.27. The number of aliphatic hydroxyl groups is 1. The standard InChI is InChI=1S/C13H12F4N2O/c14-7-1-4-10-9(5-7)18-12(19(10)8-2-3-8)6-11(20)13(15,16)17/h1,4-5,8,11,20H,2-3,6H2.